The third-order valence-electron chi connectivity index (χ3n) is 2.08. The van der Waals surface area contributed by atoms with Gasteiger partial charge in [-0.05, 0) is 14.0 Å². The second-order valence-corrected chi connectivity index (χ2v) is 3.03. The van der Waals surface area contributed by atoms with Crippen LogP contribution in [0.25, 0.3) is 0 Å². The molecule has 0 aromatic carbocycles. The van der Waals surface area contributed by atoms with Crippen molar-refractivity contribution in [2.24, 2.45) is 0 Å². The molecule has 4 nitrogen and oxygen atoms in total. The van der Waals surface area contributed by atoms with Gasteiger partial charge in [0.15, 0.2) is 0 Å². The summed E-state index contributed by atoms with van der Waals surface area (Å²) >= 11 is 0. The van der Waals surface area contributed by atoms with E-state index in [-0.39, 0.29) is 0 Å². The maximum Gasteiger partial charge on any atom is 0.126 e. The second-order valence-electron chi connectivity index (χ2n) is 3.03. The summed E-state index contributed by atoms with van der Waals surface area (Å²) in [5.74, 6) is 1.18. The Kier molecular flexibility index (Phi) is 3.76. The summed E-state index contributed by atoms with van der Waals surface area (Å²) in [5.41, 5.74) is 0. The van der Waals surface area contributed by atoms with Crippen molar-refractivity contribution in [3.05, 3.63) is 12.3 Å². The fourth-order valence-corrected chi connectivity index (χ4v) is 1.29. The van der Waals surface area contributed by atoms with E-state index in [0.717, 1.165) is 19.6 Å². The molecule has 0 aliphatic rings. The van der Waals surface area contributed by atoms with E-state index in [0.29, 0.717) is 0 Å². The first-order valence-electron chi connectivity index (χ1n) is 4.67. The molecule has 1 heterocycles. The maximum atomic E-state index is 4.22. The quantitative estimate of drug-likeness (QED) is 0.722. The predicted molar refractivity (Wildman–Crippen MR) is 55.1 cm³/mol. The Morgan fingerprint density at radius 2 is 2.38 bits per heavy atom. The second kappa shape index (κ2) is 4.87. The van der Waals surface area contributed by atoms with Crippen molar-refractivity contribution in [2.45, 2.75) is 13.5 Å². The van der Waals surface area contributed by atoms with Crippen LogP contribution in [0.2, 0.25) is 0 Å². The number of nitrogens with zero attached hydrogens (tertiary/aromatic N) is 3. The third-order valence-corrected chi connectivity index (χ3v) is 2.08. The molecular weight excluding hydrogens is 164 g/mol. The van der Waals surface area contributed by atoms with Crippen LogP contribution in [0.15, 0.2) is 12.3 Å². The summed E-state index contributed by atoms with van der Waals surface area (Å²) in [6.07, 6.45) is 1.84. The largest absolute Gasteiger partial charge is 0.359 e. The number of nitrogens with one attached hydrogen (secondary N) is 1. The molecule has 0 amide bonds. The fraction of sp³-hybridized carbons (Fsp3) is 0.667. The van der Waals surface area contributed by atoms with Crippen molar-refractivity contribution in [1.29, 1.82) is 0 Å². The van der Waals surface area contributed by atoms with E-state index in [1.807, 2.05) is 24.0 Å². The Morgan fingerprint density at radius 3 is 3.00 bits per heavy atom. The number of hydrogen-bond donors (Lipinski definition) is 1. The van der Waals surface area contributed by atoms with Gasteiger partial charge < -0.3 is 10.2 Å². The monoisotopic (exact) mass is 182 g/mol. The van der Waals surface area contributed by atoms with Crippen molar-refractivity contribution < 1.29 is 0 Å². The number of aryl methyl sites for hydroxylation is 1. The van der Waals surface area contributed by atoms with Crippen LogP contribution in [0.3, 0.4) is 0 Å². The summed E-state index contributed by atoms with van der Waals surface area (Å²) in [7, 11) is 4.05. The molecule has 4 heteroatoms. The number of anilines is 1. The third kappa shape index (κ3) is 2.45. The lowest BCUT2D eigenvalue weighted by molar-refractivity contribution is 0.640. The number of likely N-dealkylation sites (N-methyl/N-ethyl adjacent to an activating group) is 2. The SMILES string of the molecule is CCn1nccc1N(C)CCNC. The van der Waals surface area contributed by atoms with Crippen LogP contribution in [0.5, 0.6) is 0 Å². The summed E-state index contributed by atoms with van der Waals surface area (Å²) in [6, 6.07) is 2.04. The molecule has 0 fully saturated rings. The summed E-state index contributed by atoms with van der Waals surface area (Å²) in [4.78, 5) is 2.20. The number of rotatable bonds is 5. The highest BCUT2D eigenvalue weighted by Crippen LogP contribution is 2.10. The van der Waals surface area contributed by atoms with Crippen LogP contribution in [-0.4, -0.2) is 37.0 Å². The molecule has 0 saturated carbocycles. The average Bonchev–Trinajstić information content (AvgIpc) is 2.61. The van der Waals surface area contributed by atoms with Crippen molar-refractivity contribution in [3.8, 4) is 0 Å². The molecule has 1 aromatic heterocycles. The Balaban J connectivity index is 2.59. The van der Waals surface area contributed by atoms with Crippen molar-refractivity contribution in [1.82, 2.24) is 15.1 Å². The Hall–Kier alpha value is -1.03. The van der Waals surface area contributed by atoms with Gasteiger partial charge in [0.25, 0.3) is 0 Å². The number of aromatic nitrogens is 2. The average molecular weight is 182 g/mol. The molecule has 0 spiro atoms. The van der Waals surface area contributed by atoms with Gasteiger partial charge in [-0.3, -0.25) is 4.68 Å². The van der Waals surface area contributed by atoms with Gasteiger partial charge in [-0.15, -0.1) is 0 Å². The molecule has 0 aliphatic carbocycles. The lowest BCUT2D eigenvalue weighted by Crippen LogP contribution is -2.28. The molecule has 1 aromatic rings. The van der Waals surface area contributed by atoms with Crippen molar-refractivity contribution in [3.63, 3.8) is 0 Å². The first kappa shape index (κ1) is 10.1. The first-order valence-corrected chi connectivity index (χ1v) is 4.67. The summed E-state index contributed by atoms with van der Waals surface area (Å²) < 4.78 is 2.00. The molecule has 0 bridgehead atoms. The van der Waals surface area contributed by atoms with E-state index >= 15 is 0 Å². The molecule has 1 N–H and O–H groups in total. The van der Waals surface area contributed by atoms with E-state index in [9.17, 15) is 0 Å². The minimum absolute atomic E-state index is 0.923. The van der Waals surface area contributed by atoms with E-state index in [2.05, 4.69) is 29.3 Å². The highest BCUT2D eigenvalue weighted by molar-refractivity contribution is 5.36. The minimum atomic E-state index is 0.923. The summed E-state index contributed by atoms with van der Waals surface area (Å²) in [5, 5.41) is 7.35. The van der Waals surface area contributed by atoms with Gasteiger partial charge in [0.05, 0.1) is 6.20 Å². The van der Waals surface area contributed by atoms with Gasteiger partial charge in [-0.1, -0.05) is 0 Å². The maximum absolute atomic E-state index is 4.22. The Bertz CT molecular complexity index is 244. The Labute approximate surface area is 79.5 Å². The van der Waals surface area contributed by atoms with E-state index < -0.39 is 0 Å². The van der Waals surface area contributed by atoms with Gasteiger partial charge in [-0.25, -0.2) is 0 Å². The fourth-order valence-electron chi connectivity index (χ4n) is 1.29. The Morgan fingerprint density at radius 1 is 1.62 bits per heavy atom. The molecule has 0 unspecified atom stereocenters. The van der Waals surface area contributed by atoms with Crippen LogP contribution in [0, 0.1) is 0 Å². The van der Waals surface area contributed by atoms with E-state index in [1.165, 1.54) is 5.82 Å². The van der Waals surface area contributed by atoms with Crippen LogP contribution in [0.1, 0.15) is 6.92 Å². The van der Waals surface area contributed by atoms with Crippen LogP contribution in [-0.2, 0) is 6.54 Å². The van der Waals surface area contributed by atoms with Gasteiger partial charge in [0, 0.05) is 32.7 Å². The van der Waals surface area contributed by atoms with Gasteiger partial charge in [0.1, 0.15) is 5.82 Å². The zero-order valence-electron chi connectivity index (χ0n) is 8.62. The topological polar surface area (TPSA) is 33.1 Å². The number of hydrogen-bond acceptors (Lipinski definition) is 3. The van der Waals surface area contributed by atoms with E-state index in [1.54, 1.807) is 0 Å². The highest BCUT2D eigenvalue weighted by atomic mass is 15.4. The van der Waals surface area contributed by atoms with Gasteiger partial charge in [0.2, 0.25) is 0 Å². The smallest absolute Gasteiger partial charge is 0.126 e. The van der Waals surface area contributed by atoms with Crippen LogP contribution < -0.4 is 10.2 Å². The van der Waals surface area contributed by atoms with Gasteiger partial charge in [-0.2, -0.15) is 5.10 Å². The minimum Gasteiger partial charge on any atom is -0.359 e. The zero-order valence-corrected chi connectivity index (χ0v) is 8.62. The zero-order chi connectivity index (χ0) is 9.68. The first-order chi connectivity index (χ1) is 6.29. The lowest BCUT2D eigenvalue weighted by atomic mass is 10.5. The van der Waals surface area contributed by atoms with Crippen molar-refractivity contribution in [2.75, 3.05) is 32.1 Å². The molecule has 0 atom stereocenters. The molecule has 1 rings (SSSR count). The molecule has 13 heavy (non-hydrogen) atoms. The highest BCUT2D eigenvalue weighted by Gasteiger charge is 2.04. The normalized spacial score (nSPS) is 10.4. The molecule has 0 aliphatic heterocycles. The van der Waals surface area contributed by atoms with Gasteiger partial charge >= 0.3 is 0 Å². The molecular formula is C9H18N4. The standard InChI is InChI=1S/C9H18N4/c1-4-13-9(5-6-11-13)12(3)8-7-10-2/h5-6,10H,4,7-8H2,1-3H3. The predicted octanol–water partition coefficient (Wildman–Crippen LogP) is 0.559. The van der Waals surface area contributed by atoms with Crippen molar-refractivity contribution >= 4 is 5.82 Å². The van der Waals surface area contributed by atoms with Crippen LogP contribution >= 0.6 is 0 Å². The molecule has 0 saturated heterocycles. The molecule has 0 radical (unpaired) electrons. The lowest BCUT2D eigenvalue weighted by Gasteiger charge is -2.19. The van der Waals surface area contributed by atoms with Crippen LogP contribution in [0.4, 0.5) is 5.82 Å². The summed E-state index contributed by atoms with van der Waals surface area (Å²) in [6.45, 7) is 5.02. The van der Waals surface area contributed by atoms with E-state index in [4.69, 9.17) is 0 Å². The molecule has 74 valence electrons.